The fourth-order valence-corrected chi connectivity index (χ4v) is 3.84. The van der Waals surface area contributed by atoms with E-state index in [4.69, 9.17) is 16.1 Å². The first kappa shape index (κ1) is 20.6. The van der Waals surface area contributed by atoms with Crippen LogP contribution < -0.4 is 5.32 Å². The molecule has 30 heavy (non-hydrogen) atoms. The van der Waals surface area contributed by atoms with Crippen LogP contribution in [0.4, 0.5) is 0 Å². The van der Waals surface area contributed by atoms with Gasteiger partial charge in [0, 0.05) is 23.0 Å². The lowest BCUT2D eigenvalue weighted by atomic mass is 9.95. The van der Waals surface area contributed by atoms with Gasteiger partial charge < -0.3 is 9.84 Å². The summed E-state index contributed by atoms with van der Waals surface area (Å²) in [7, 11) is 0. The number of carbonyl (C=O) groups is 1. The zero-order valence-corrected chi connectivity index (χ0v) is 17.7. The highest BCUT2D eigenvalue weighted by molar-refractivity contribution is 6.30. The molecule has 1 fully saturated rings. The summed E-state index contributed by atoms with van der Waals surface area (Å²) in [6, 6.07) is 15.5. The van der Waals surface area contributed by atoms with Gasteiger partial charge in [-0.3, -0.25) is 9.69 Å². The highest BCUT2D eigenvalue weighted by Crippen LogP contribution is 2.22. The van der Waals surface area contributed by atoms with E-state index in [1.807, 2.05) is 36.4 Å². The molecule has 0 aliphatic carbocycles. The van der Waals surface area contributed by atoms with Crippen molar-refractivity contribution in [3.05, 3.63) is 70.6 Å². The van der Waals surface area contributed by atoms with Crippen LogP contribution in [0, 0.1) is 12.8 Å². The lowest BCUT2D eigenvalue weighted by Gasteiger charge is -2.30. The Morgan fingerprint density at radius 1 is 1.17 bits per heavy atom. The van der Waals surface area contributed by atoms with Gasteiger partial charge in [-0.25, -0.2) is 0 Å². The average Bonchev–Trinajstić information content (AvgIpc) is 3.22. The first-order valence-corrected chi connectivity index (χ1v) is 10.6. The van der Waals surface area contributed by atoms with E-state index in [9.17, 15) is 4.79 Å². The SMILES string of the molecule is Cc1ccccc1CNC(=O)C1CCN(Cc2nc(-c3ccc(Cl)cc3)no2)CC1. The second-order valence-corrected chi connectivity index (χ2v) is 8.15. The Hall–Kier alpha value is -2.70. The lowest BCUT2D eigenvalue weighted by molar-refractivity contribution is -0.126. The van der Waals surface area contributed by atoms with E-state index in [0.717, 1.165) is 37.1 Å². The van der Waals surface area contributed by atoms with Crippen molar-refractivity contribution in [1.82, 2.24) is 20.4 Å². The molecule has 1 aliphatic heterocycles. The molecule has 0 radical (unpaired) electrons. The van der Waals surface area contributed by atoms with Crippen LogP contribution in [0.2, 0.25) is 5.02 Å². The number of halogens is 1. The second-order valence-electron chi connectivity index (χ2n) is 7.71. The van der Waals surface area contributed by atoms with E-state index in [-0.39, 0.29) is 11.8 Å². The summed E-state index contributed by atoms with van der Waals surface area (Å²) in [5.41, 5.74) is 3.24. The summed E-state index contributed by atoms with van der Waals surface area (Å²) < 4.78 is 5.41. The zero-order valence-electron chi connectivity index (χ0n) is 17.0. The third-order valence-corrected chi connectivity index (χ3v) is 5.85. The van der Waals surface area contributed by atoms with Gasteiger partial charge in [-0.05, 0) is 68.2 Å². The first-order chi connectivity index (χ1) is 14.6. The molecule has 1 amide bonds. The van der Waals surface area contributed by atoms with Gasteiger partial charge in [-0.1, -0.05) is 41.0 Å². The number of likely N-dealkylation sites (tertiary alicyclic amines) is 1. The lowest BCUT2D eigenvalue weighted by Crippen LogP contribution is -2.40. The molecule has 0 atom stereocenters. The predicted octanol–water partition coefficient (Wildman–Crippen LogP) is 4.23. The summed E-state index contributed by atoms with van der Waals surface area (Å²) in [5.74, 6) is 1.34. The number of hydrogen-bond acceptors (Lipinski definition) is 5. The quantitative estimate of drug-likeness (QED) is 0.641. The number of aromatic nitrogens is 2. The Balaban J connectivity index is 1.25. The van der Waals surface area contributed by atoms with Crippen molar-refractivity contribution in [2.75, 3.05) is 13.1 Å². The van der Waals surface area contributed by atoms with Crippen LogP contribution in [-0.2, 0) is 17.9 Å². The molecule has 0 saturated carbocycles. The van der Waals surface area contributed by atoms with Crippen LogP contribution in [0.25, 0.3) is 11.4 Å². The van der Waals surface area contributed by atoms with Gasteiger partial charge in [0.05, 0.1) is 6.54 Å². The number of rotatable bonds is 6. The topological polar surface area (TPSA) is 71.3 Å². The van der Waals surface area contributed by atoms with Crippen LogP contribution in [0.1, 0.15) is 29.9 Å². The molecule has 7 heteroatoms. The average molecular weight is 425 g/mol. The predicted molar refractivity (Wildman–Crippen MR) is 116 cm³/mol. The largest absolute Gasteiger partial charge is 0.352 e. The fraction of sp³-hybridized carbons (Fsp3) is 0.348. The van der Waals surface area contributed by atoms with Gasteiger partial charge in [0.1, 0.15) is 0 Å². The van der Waals surface area contributed by atoms with Crippen LogP contribution in [0.3, 0.4) is 0 Å². The van der Waals surface area contributed by atoms with Crippen LogP contribution in [0.5, 0.6) is 0 Å². The molecule has 2 aromatic carbocycles. The smallest absolute Gasteiger partial charge is 0.241 e. The van der Waals surface area contributed by atoms with Crippen LogP contribution >= 0.6 is 11.6 Å². The Morgan fingerprint density at radius 3 is 2.63 bits per heavy atom. The minimum atomic E-state index is 0.0533. The van der Waals surface area contributed by atoms with Gasteiger partial charge in [-0.2, -0.15) is 4.98 Å². The Kier molecular flexibility index (Phi) is 6.45. The molecular formula is C23H25ClN4O2. The zero-order chi connectivity index (χ0) is 20.9. The molecule has 1 N–H and O–H groups in total. The molecule has 2 heterocycles. The number of piperidine rings is 1. The van der Waals surface area contributed by atoms with Crippen molar-refractivity contribution in [2.45, 2.75) is 32.9 Å². The van der Waals surface area contributed by atoms with Crippen molar-refractivity contribution in [3.63, 3.8) is 0 Å². The Morgan fingerprint density at radius 2 is 1.90 bits per heavy atom. The third-order valence-electron chi connectivity index (χ3n) is 5.60. The van der Waals surface area contributed by atoms with Gasteiger partial charge in [0.2, 0.25) is 17.6 Å². The Bertz CT molecular complexity index is 994. The van der Waals surface area contributed by atoms with Crippen molar-refractivity contribution in [2.24, 2.45) is 5.92 Å². The van der Waals surface area contributed by atoms with Gasteiger partial charge in [0.25, 0.3) is 0 Å². The van der Waals surface area contributed by atoms with Crippen molar-refractivity contribution in [3.8, 4) is 11.4 Å². The number of aryl methyl sites for hydroxylation is 1. The van der Waals surface area contributed by atoms with E-state index >= 15 is 0 Å². The van der Waals surface area contributed by atoms with E-state index in [1.54, 1.807) is 0 Å². The monoisotopic (exact) mass is 424 g/mol. The van der Waals surface area contributed by atoms with E-state index in [0.29, 0.717) is 29.8 Å². The van der Waals surface area contributed by atoms with Gasteiger partial charge in [0.15, 0.2) is 0 Å². The maximum atomic E-state index is 12.6. The second kappa shape index (κ2) is 9.41. The summed E-state index contributed by atoms with van der Waals surface area (Å²) >= 11 is 5.93. The third kappa shape index (κ3) is 5.07. The minimum absolute atomic E-state index is 0.0533. The number of carbonyl (C=O) groups excluding carboxylic acids is 1. The number of amides is 1. The van der Waals surface area contributed by atoms with Gasteiger partial charge >= 0.3 is 0 Å². The number of nitrogens with one attached hydrogen (secondary N) is 1. The molecule has 6 nitrogen and oxygen atoms in total. The fourth-order valence-electron chi connectivity index (χ4n) is 3.71. The minimum Gasteiger partial charge on any atom is -0.352 e. The standard InChI is InChI=1S/C23H25ClN4O2/c1-16-4-2-3-5-19(16)14-25-23(29)18-10-12-28(13-11-18)15-21-26-22(27-30-21)17-6-8-20(24)9-7-17/h2-9,18H,10-15H2,1H3,(H,25,29). The molecule has 156 valence electrons. The normalized spacial score (nSPS) is 15.3. The van der Waals surface area contributed by atoms with Crippen LogP contribution in [-0.4, -0.2) is 34.0 Å². The summed E-state index contributed by atoms with van der Waals surface area (Å²) in [6.07, 6.45) is 1.66. The summed E-state index contributed by atoms with van der Waals surface area (Å²) in [6.45, 7) is 4.91. The molecule has 1 saturated heterocycles. The number of nitrogens with zero attached hydrogens (tertiary/aromatic N) is 3. The molecule has 1 aliphatic rings. The van der Waals surface area contributed by atoms with E-state index in [2.05, 4.69) is 39.4 Å². The summed E-state index contributed by atoms with van der Waals surface area (Å²) in [5, 5.41) is 7.83. The summed E-state index contributed by atoms with van der Waals surface area (Å²) in [4.78, 5) is 19.3. The molecular weight excluding hydrogens is 400 g/mol. The highest BCUT2D eigenvalue weighted by Gasteiger charge is 2.26. The molecule has 0 bridgehead atoms. The molecule has 4 rings (SSSR count). The van der Waals surface area contributed by atoms with E-state index in [1.165, 1.54) is 5.56 Å². The first-order valence-electron chi connectivity index (χ1n) is 10.2. The maximum absolute atomic E-state index is 12.6. The Labute approximate surface area is 181 Å². The molecule has 0 unspecified atom stereocenters. The maximum Gasteiger partial charge on any atom is 0.241 e. The van der Waals surface area contributed by atoms with Gasteiger partial charge in [-0.15, -0.1) is 0 Å². The van der Waals surface area contributed by atoms with E-state index < -0.39 is 0 Å². The molecule has 3 aromatic rings. The number of benzene rings is 2. The number of hydrogen-bond donors (Lipinski definition) is 1. The molecule has 1 aromatic heterocycles. The molecule has 0 spiro atoms. The van der Waals surface area contributed by atoms with Crippen molar-refractivity contribution >= 4 is 17.5 Å². The van der Waals surface area contributed by atoms with Crippen molar-refractivity contribution in [1.29, 1.82) is 0 Å². The highest BCUT2D eigenvalue weighted by atomic mass is 35.5. The van der Waals surface area contributed by atoms with Crippen molar-refractivity contribution < 1.29 is 9.32 Å². The van der Waals surface area contributed by atoms with Crippen LogP contribution in [0.15, 0.2) is 53.1 Å².